The van der Waals surface area contributed by atoms with Gasteiger partial charge in [0.1, 0.15) is 17.0 Å². The average Bonchev–Trinajstić information content (AvgIpc) is 3.39. The van der Waals surface area contributed by atoms with E-state index in [4.69, 9.17) is 4.52 Å². The van der Waals surface area contributed by atoms with Crippen LogP contribution in [0.3, 0.4) is 0 Å². The summed E-state index contributed by atoms with van der Waals surface area (Å²) in [6, 6.07) is 4.32. The van der Waals surface area contributed by atoms with Crippen LogP contribution in [0, 0.1) is 22.1 Å². The summed E-state index contributed by atoms with van der Waals surface area (Å²) in [6.07, 6.45) is 1.06. The second-order valence-electron chi connectivity index (χ2n) is 6.18. The van der Waals surface area contributed by atoms with E-state index in [-0.39, 0.29) is 34.0 Å². The molecule has 0 unspecified atom stereocenters. The molecule has 0 bridgehead atoms. The van der Waals surface area contributed by atoms with E-state index in [1.807, 2.05) is 22.6 Å². The molecule has 11 heteroatoms. The lowest BCUT2D eigenvalue weighted by atomic mass is 10.2. The van der Waals surface area contributed by atoms with Crippen molar-refractivity contribution in [2.75, 3.05) is 10.0 Å². The first-order chi connectivity index (χ1) is 12.8. The molecule has 1 saturated carbocycles. The Hall–Kier alpha value is -2.02. The first-order valence-corrected chi connectivity index (χ1v) is 10.6. The third-order valence-corrected chi connectivity index (χ3v) is 6.61. The standard InChI is InChI=1S/C16H13F2IN4O3S/c1-7-13-14(22-26-7)12(18)15(20-11-5-2-8(19)6-10(11)17)16(21-13)23-27(24,25)9-3-4-9/h2,5-6,9,20H,3-4H2,1H3,(H,21,23). The smallest absolute Gasteiger partial charge is 0.236 e. The number of hydrogen-bond donors (Lipinski definition) is 2. The third-order valence-electron chi connectivity index (χ3n) is 4.11. The van der Waals surface area contributed by atoms with Crippen molar-refractivity contribution in [1.29, 1.82) is 0 Å². The van der Waals surface area contributed by atoms with Crippen LogP contribution in [-0.4, -0.2) is 23.8 Å². The van der Waals surface area contributed by atoms with Gasteiger partial charge in [0, 0.05) is 3.57 Å². The number of nitrogens with one attached hydrogen (secondary N) is 2. The van der Waals surface area contributed by atoms with Crippen molar-refractivity contribution in [2.45, 2.75) is 25.0 Å². The Balaban J connectivity index is 1.85. The van der Waals surface area contributed by atoms with Crippen LogP contribution in [0.4, 0.5) is 26.0 Å². The highest BCUT2D eigenvalue weighted by Gasteiger charge is 2.37. The maximum atomic E-state index is 15.0. The lowest BCUT2D eigenvalue weighted by Gasteiger charge is -2.15. The van der Waals surface area contributed by atoms with Crippen molar-refractivity contribution in [3.05, 3.63) is 39.2 Å². The minimum Gasteiger partial charge on any atom is -0.359 e. The van der Waals surface area contributed by atoms with Crippen LogP contribution >= 0.6 is 22.6 Å². The number of rotatable bonds is 5. The molecule has 3 aromatic rings. The molecule has 0 atom stereocenters. The maximum absolute atomic E-state index is 15.0. The van der Waals surface area contributed by atoms with E-state index in [9.17, 15) is 12.8 Å². The van der Waals surface area contributed by atoms with Crippen molar-refractivity contribution < 1.29 is 21.7 Å². The van der Waals surface area contributed by atoms with Crippen LogP contribution in [0.5, 0.6) is 0 Å². The molecule has 1 fully saturated rings. The Kier molecular flexibility index (Phi) is 4.45. The van der Waals surface area contributed by atoms with Gasteiger partial charge in [-0.3, -0.25) is 4.72 Å². The second-order valence-corrected chi connectivity index (χ2v) is 9.39. The Morgan fingerprint density at radius 3 is 2.67 bits per heavy atom. The highest BCUT2D eigenvalue weighted by atomic mass is 127. The van der Waals surface area contributed by atoms with Crippen LogP contribution in [0.2, 0.25) is 0 Å². The molecule has 2 heterocycles. The number of halogens is 3. The molecule has 0 spiro atoms. The van der Waals surface area contributed by atoms with E-state index in [2.05, 4.69) is 20.2 Å². The number of fused-ring (bicyclic) bond motifs is 1. The molecule has 1 aliphatic rings. The monoisotopic (exact) mass is 506 g/mol. The Labute approximate surface area is 166 Å². The van der Waals surface area contributed by atoms with Gasteiger partial charge >= 0.3 is 0 Å². The van der Waals surface area contributed by atoms with Gasteiger partial charge in [-0.05, 0) is 60.6 Å². The van der Waals surface area contributed by atoms with Gasteiger partial charge in [0.15, 0.2) is 22.9 Å². The molecule has 1 aliphatic carbocycles. The zero-order valence-corrected chi connectivity index (χ0v) is 16.9. The fraction of sp³-hybridized carbons (Fsp3) is 0.250. The number of aromatic nitrogens is 2. The topological polar surface area (TPSA) is 97.1 Å². The van der Waals surface area contributed by atoms with E-state index in [1.54, 1.807) is 6.07 Å². The molecule has 4 rings (SSSR count). The predicted molar refractivity (Wildman–Crippen MR) is 104 cm³/mol. The molecular weight excluding hydrogens is 493 g/mol. The SMILES string of the molecule is Cc1onc2c(F)c(Nc3ccc(I)cc3F)c(NS(=O)(=O)C3CC3)nc12. The van der Waals surface area contributed by atoms with E-state index in [0.29, 0.717) is 16.4 Å². The zero-order chi connectivity index (χ0) is 19.3. The largest absolute Gasteiger partial charge is 0.359 e. The second kappa shape index (κ2) is 6.55. The number of aryl methyl sites for hydroxylation is 1. The van der Waals surface area contributed by atoms with Crippen LogP contribution in [0.1, 0.15) is 18.6 Å². The molecule has 27 heavy (non-hydrogen) atoms. The normalized spacial score (nSPS) is 14.5. The first kappa shape index (κ1) is 18.3. The Morgan fingerprint density at radius 2 is 2.00 bits per heavy atom. The molecule has 2 N–H and O–H groups in total. The number of benzene rings is 1. The minimum absolute atomic E-state index is 0.0254. The number of hydrogen-bond acceptors (Lipinski definition) is 6. The van der Waals surface area contributed by atoms with Crippen LogP contribution in [0.15, 0.2) is 22.7 Å². The summed E-state index contributed by atoms with van der Waals surface area (Å²) in [4.78, 5) is 4.16. The quantitative estimate of drug-likeness (QED) is 0.507. The summed E-state index contributed by atoms with van der Waals surface area (Å²) in [7, 11) is -3.72. The van der Waals surface area contributed by atoms with Gasteiger partial charge < -0.3 is 9.84 Å². The summed E-state index contributed by atoms with van der Waals surface area (Å²) >= 11 is 1.94. The molecular formula is C16H13F2IN4O3S. The number of nitrogens with zero attached hydrogens (tertiary/aromatic N) is 2. The number of pyridine rings is 1. The van der Waals surface area contributed by atoms with Crippen molar-refractivity contribution in [3.63, 3.8) is 0 Å². The zero-order valence-electron chi connectivity index (χ0n) is 13.9. The van der Waals surface area contributed by atoms with E-state index < -0.39 is 26.9 Å². The van der Waals surface area contributed by atoms with Crippen molar-refractivity contribution in [2.24, 2.45) is 0 Å². The third kappa shape index (κ3) is 3.45. The summed E-state index contributed by atoms with van der Waals surface area (Å²) in [5, 5.41) is 5.67. The minimum atomic E-state index is -3.72. The van der Waals surface area contributed by atoms with Gasteiger partial charge in [0.2, 0.25) is 10.0 Å². The van der Waals surface area contributed by atoms with Gasteiger partial charge in [0.25, 0.3) is 0 Å². The van der Waals surface area contributed by atoms with E-state index >= 15 is 4.39 Å². The van der Waals surface area contributed by atoms with Crippen LogP contribution in [0.25, 0.3) is 11.0 Å². The summed E-state index contributed by atoms with van der Waals surface area (Å²) < 4.78 is 61.9. The van der Waals surface area contributed by atoms with Gasteiger partial charge in [0.05, 0.1) is 10.9 Å². The molecule has 2 aromatic heterocycles. The summed E-state index contributed by atoms with van der Waals surface area (Å²) in [5.74, 6) is -1.53. The maximum Gasteiger partial charge on any atom is 0.236 e. The molecule has 0 amide bonds. The highest BCUT2D eigenvalue weighted by Crippen LogP contribution is 2.36. The molecule has 0 radical (unpaired) electrons. The highest BCUT2D eigenvalue weighted by molar-refractivity contribution is 14.1. The van der Waals surface area contributed by atoms with Crippen molar-refractivity contribution >= 4 is 60.8 Å². The van der Waals surface area contributed by atoms with Gasteiger partial charge in [-0.15, -0.1) is 0 Å². The molecule has 0 saturated heterocycles. The fourth-order valence-corrected chi connectivity index (χ4v) is 4.34. The first-order valence-electron chi connectivity index (χ1n) is 7.95. The predicted octanol–water partition coefficient (Wildman–Crippen LogP) is 4.06. The molecule has 7 nitrogen and oxygen atoms in total. The molecule has 142 valence electrons. The fourth-order valence-electron chi connectivity index (χ4n) is 2.54. The van der Waals surface area contributed by atoms with Crippen LogP contribution < -0.4 is 10.0 Å². The number of sulfonamides is 1. The Morgan fingerprint density at radius 1 is 1.26 bits per heavy atom. The van der Waals surface area contributed by atoms with Gasteiger partial charge in [-0.1, -0.05) is 5.16 Å². The van der Waals surface area contributed by atoms with E-state index in [1.165, 1.54) is 19.1 Å². The Bertz CT molecular complexity index is 1160. The molecule has 1 aromatic carbocycles. The van der Waals surface area contributed by atoms with Crippen LogP contribution in [-0.2, 0) is 10.0 Å². The molecule has 0 aliphatic heterocycles. The van der Waals surface area contributed by atoms with Crippen molar-refractivity contribution in [1.82, 2.24) is 10.1 Å². The van der Waals surface area contributed by atoms with Crippen molar-refractivity contribution in [3.8, 4) is 0 Å². The van der Waals surface area contributed by atoms with E-state index in [0.717, 1.165) is 0 Å². The average molecular weight is 506 g/mol. The number of anilines is 3. The lowest BCUT2D eigenvalue weighted by Crippen LogP contribution is -2.19. The summed E-state index contributed by atoms with van der Waals surface area (Å²) in [6.45, 7) is 1.53. The summed E-state index contributed by atoms with van der Waals surface area (Å²) in [5.41, 5.74) is -0.424. The lowest BCUT2D eigenvalue weighted by molar-refractivity contribution is 0.403. The van der Waals surface area contributed by atoms with Gasteiger partial charge in [-0.25, -0.2) is 22.2 Å². The van der Waals surface area contributed by atoms with Gasteiger partial charge in [-0.2, -0.15) is 0 Å².